The van der Waals surface area contributed by atoms with Crippen LogP contribution in [0.2, 0.25) is 0 Å². The number of hydrogen-bond acceptors (Lipinski definition) is 5. The number of methoxy groups -OCH3 is 1. The van der Waals surface area contributed by atoms with Gasteiger partial charge in [-0.2, -0.15) is 0 Å². The zero-order valence-electron chi connectivity index (χ0n) is 14.3. The standard InChI is InChI=1S/C17H26N2O4/c1-17(2,3)18-16(21)13-7-5-6-8-19(13)10-12-9-14(20)15(22-4)11-23-12/h9,11,13H,5-8,10H2,1-4H3,(H,18,21). The number of rotatable bonds is 4. The first-order valence-electron chi connectivity index (χ1n) is 8.02. The SMILES string of the molecule is COc1coc(CN2CCCCC2C(=O)NC(C)(C)C)cc1=O. The molecular formula is C17H26N2O4. The van der Waals surface area contributed by atoms with Crippen molar-refractivity contribution in [2.45, 2.75) is 58.2 Å². The quantitative estimate of drug-likeness (QED) is 0.917. The van der Waals surface area contributed by atoms with Crippen LogP contribution in [0.1, 0.15) is 45.8 Å². The fourth-order valence-electron chi connectivity index (χ4n) is 2.80. The molecule has 1 aliphatic heterocycles. The second-order valence-electron chi connectivity index (χ2n) is 7.00. The lowest BCUT2D eigenvalue weighted by Crippen LogP contribution is -2.53. The van der Waals surface area contributed by atoms with Gasteiger partial charge in [0.05, 0.1) is 19.7 Å². The molecule has 6 nitrogen and oxygen atoms in total. The van der Waals surface area contributed by atoms with E-state index in [1.807, 2.05) is 20.8 Å². The van der Waals surface area contributed by atoms with E-state index in [1.54, 1.807) is 0 Å². The molecule has 1 aliphatic rings. The van der Waals surface area contributed by atoms with Gasteiger partial charge in [-0.15, -0.1) is 0 Å². The summed E-state index contributed by atoms with van der Waals surface area (Å²) in [6.07, 6.45) is 4.22. The Bertz CT molecular complexity index is 603. The molecule has 1 unspecified atom stereocenters. The molecular weight excluding hydrogens is 296 g/mol. The number of ether oxygens (including phenoxy) is 1. The van der Waals surface area contributed by atoms with E-state index in [2.05, 4.69) is 10.2 Å². The van der Waals surface area contributed by atoms with Gasteiger partial charge in [0, 0.05) is 11.6 Å². The predicted molar refractivity (Wildman–Crippen MR) is 87.5 cm³/mol. The predicted octanol–water partition coefficient (Wildman–Crippen LogP) is 1.92. The molecule has 2 rings (SSSR count). The Morgan fingerprint density at radius 2 is 2.17 bits per heavy atom. The zero-order chi connectivity index (χ0) is 17.0. The van der Waals surface area contributed by atoms with Gasteiger partial charge >= 0.3 is 0 Å². The highest BCUT2D eigenvalue weighted by Gasteiger charge is 2.31. The molecule has 0 radical (unpaired) electrons. The summed E-state index contributed by atoms with van der Waals surface area (Å²) in [6, 6.07) is 1.25. The van der Waals surface area contributed by atoms with Crippen molar-refractivity contribution in [1.82, 2.24) is 10.2 Å². The summed E-state index contributed by atoms with van der Waals surface area (Å²) < 4.78 is 10.4. The largest absolute Gasteiger partial charge is 0.490 e. The van der Waals surface area contributed by atoms with Gasteiger partial charge in [0.25, 0.3) is 0 Å². The van der Waals surface area contributed by atoms with E-state index in [9.17, 15) is 9.59 Å². The van der Waals surface area contributed by atoms with Crippen molar-refractivity contribution in [3.05, 3.63) is 28.3 Å². The van der Waals surface area contributed by atoms with E-state index >= 15 is 0 Å². The van der Waals surface area contributed by atoms with Gasteiger partial charge in [-0.25, -0.2) is 0 Å². The number of likely N-dealkylation sites (tertiary alicyclic amines) is 1. The number of carbonyl (C=O) groups excluding carboxylic acids is 1. The monoisotopic (exact) mass is 322 g/mol. The molecule has 23 heavy (non-hydrogen) atoms. The Kier molecular flexibility index (Phi) is 5.46. The average Bonchev–Trinajstić information content (AvgIpc) is 2.46. The number of piperidine rings is 1. The number of nitrogens with one attached hydrogen (secondary N) is 1. The van der Waals surface area contributed by atoms with Gasteiger partial charge in [-0.05, 0) is 40.2 Å². The molecule has 0 bridgehead atoms. The molecule has 0 aromatic carbocycles. The summed E-state index contributed by atoms with van der Waals surface area (Å²) in [5.41, 5.74) is -0.464. The molecule has 128 valence electrons. The Labute approximate surface area is 136 Å². The highest BCUT2D eigenvalue weighted by Crippen LogP contribution is 2.21. The Balaban J connectivity index is 2.11. The Morgan fingerprint density at radius 1 is 1.43 bits per heavy atom. The number of carbonyl (C=O) groups is 1. The number of amides is 1. The van der Waals surface area contributed by atoms with Crippen LogP contribution in [0.25, 0.3) is 0 Å². The smallest absolute Gasteiger partial charge is 0.237 e. The van der Waals surface area contributed by atoms with Gasteiger partial charge in [0.1, 0.15) is 12.0 Å². The molecule has 1 N–H and O–H groups in total. The summed E-state index contributed by atoms with van der Waals surface area (Å²) in [5.74, 6) is 0.772. The summed E-state index contributed by atoms with van der Waals surface area (Å²) in [7, 11) is 1.43. The molecule has 6 heteroatoms. The normalized spacial score (nSPS) is 19.4. The molecule has 2 heterocycles. The minimum atomic E-state index is -0.257. The molecule has 1 amide bonds. The van der Waals surface area contributed by atoms with Crippen molar-refractivity contribution in [3.8, 4) is 5.75 Å². The van der Waals surface area contributed by atoms with Crippen molar-refractivity contribution >= 4 is 5.91 Å². The lowest BCUT2D eigenvalue weighted by molar-refractivity contribution is -0.129. The number of hydrogen-bond donors (Lipinski definition) is 1. The van der Waals surface area contributed by atoms with Crippen LogP contribution < -0.4 is 15.5 Å². The first-order chi connectivity index (χ1) is 10.8. The molecule has 0 saturated carbocycles. The summed E-state index contributed by atoms with van der Waals surface area (Å²) >= 11 is 0. The molecule has 0 spiro atoms. The molecule has 0 aliphatic carbocycles. The third-order valence-electron chi connectivity index (χ3n) is 3.85. The molecule has 1 fully saturated rings. The maximum absolute atomic E-state index is 12.5. The van der Waals surface area contributed by atoms with Crippen molar-refractivity contribution in [1.29, 1.82) is 0 Å². The molecule has 1 saturated heterocycles. The summed E-state index contributed by atoms with van der Waals surface area (Å²) in [5, 5.41) is 3.04. The maximum Gasteiger partial charge on any atom is 0.237 e. The van der Waals surface area contributed by atoms with Crippen LogP contribution in [0.5, 0.6) is 5.75 Å². The van der Waals surface area contributed by atoms with Crippen LogP contribution in [-0.4, -0.2) is 36.0 Å². The Morgan fingerprint density at radius 3 is 2.78 bits per heavy atom. The number of nitrogens with zero attached hydrogens (tertiary/aromatic N) is 1. The van der Waals surface area contributed by atoms with E-state index in [4.69, 9.17) is 9.15 Å². The fraction of sp³-hybridized carbons (Fsp3) is 0.647. The van der Waals surface area contributed by atoms with E-state index in [0.717, 1.165) is 25.8 Å². The highest BCUT2D eigenvalue weighted by atomic mass is 16.5. The van der Waals surface area contributed by atoms with Crippen molar-refractivity contribution in [2.75, 3.05) is 13.7 Å². The van der Waals surface area contributed by atoms with E-state index in [1.165, 1.54) is 19.4 Å². The van der Waals surface area contributed by atoms with E-state index in [0.29, 0.717) is 12.3 Å². The van der Waals surface area contributed by atoms with Crippen LogP contribution in [-0.2, 0) is 11.3 Å². The topological polar surface area (TPSA) is 71.8 Å². The third kappa shape index (κ3) is 4.82. The summed E-state index contributed by atoms with van der Waals surface area (Å²) in [6.45, 7) is 7.18. The first kappa shape index (κ1) is 17.5. The second kappa shape index (κ2) is 7.17. The summed E-state index contributed by atoms with van der Waals surface area (Å²) in [4.78, 5) is 26.4. The fourth-order valence-corrected chi connectivity index (χ4v) is 2.80. The minimum absolute atomic E-state index is 0.0352. The van der Waals surface area contributed by atoms with Crippen LogP contribution in [0.3, 0.4) is 0 Å². The maximum atomic E-state index is 12.5. The lowest BCUT2D eigenvalue weighted by Gasteiger charge is -2.36. The van der Waals surface area contributed by atoms with Crippen molar-refractivity contribution in [2.24, 2.45) is 0 Å². The van der Waals surface area contributed by atoms with Crippen LogP contribution in [0.15, 0.2) is 21.5 Å². The first-order valence-corrected chi connectivity index (χ1v) is 8.02. The van der Waals surface area contributed by atoms with Gasteiger partial charge in [0.2, 0.25) is 17.1 Å². The van der Waals surface area contributed by atoms with Crippen LogP contribution in [0, 0.1) is 0 Å². The van der Waals surface area contributed by atoms with Gasteiger partial charge < -0.3 is 14.5 Å². The second-order valence-corrected chi connectivity index (χ2v) is 7.00. The van der Waals surface area contributed by atoms with E-state index in [-0.39, 0.29) is 28.7 Å². The molecule has 1 atom stereocenters. The highest BCUT2D eigenvalue weighted by molar-refractivity contribution is 5.82. The van der Waals surface area contributed by atoms with Crippen molar-refractivity contribution in [3.63, 3.8) is 0 Å². The van der Waals surface area contributed by atoms with Gasteiger partial charge in [0.15, 0.2) is 0 Å². The Hall–Kier alpha value is -1.82. The molecule has 1 aromatic rings. The molecule has 1 aromatic heterocycles. The minimum Gasteiger partial charge on any atom is -0.490 e. The van der Waals surface area contributed by atoms with Gasteiger partial charge in [-0.3, -0.25) is 14.5 Å². The average molecular weight is 322 g/mol. The van der Waals surface area contributed by atoms with Gasteiger partial charge in [-0.1, -0.05) is 6.42 Å². The van der Waals surface area contributed by atoms with E-state index < -0.39 is 0 Å². The zero-order valence-corrected chi connectivity index (χ0v) is 14.3. The van der Waals surface area contributed by atoms with Crippen LogP contribution in [0.4, 0.5) is 0 Å². The van der Waals surface area contributed by atoms with Crippen LogP contribution >= 0.6 is 0 Å². The van der Waals surface area contributed by atoms with Crippen molar-refractivity contribution < 1.29 is 13.9 Å². The lowest BCUT2D eigenvalue weighted by atomic mass is 9.99. The third-order valence-corrected chi connectivity index (χ3v) is 3.85.